The summed E-state index contributed by atoms with van der Waals surface area (Å²) in [6.07, 6.45) is 1.50. The Hall–Kier alpha value is -1.59. The summed E-state index contributed by atoms with van der Waals surface area (Å²) in [5, 5.41) is 9.17. The zero-order valence-corrected chi connectivity index (χ0v) is 12.0. The van der Waals surface area contributed by atoms with Gasteiger partial charge in [0.1, 0.15) is 6.61 Å². The Labute approximate surface area is 124 Å². The highest BCUT2D eigenvalue weighted by Gasteiger charge is 2.40. The molecule has 1 aromatic carbocycles. The van der Waals surface area contributed by atoms with Crippen molar-refractivity contribution < 1.29 is 19.4 Å². The van der Waals surface area contributed by atoms with Gasteiger partial charge in [-0.1, -0.05) is 30.3 Å². The summed E-state index contributed by atoms with van der Waals surface area (Å²) in [5.41, 5.74) is 0.984. The smallest absolute Gasteiger partial charge is 0.410 e. The molecule has 0 aliphatic carbocycles. The average Bonchev–Trinajstić information content (AvgIpc) is 2.95. The van der Waals surface area contributed by atoms with Gasteiger partial charge in [0.05, 0.1) is 25.4 Å². The summed E-state index contributed by atoms with van der Waals surface area (Å²) < 4.78 is 11.1. The Bertz CT molecular complexity index is 478. The number of carbonyl (C=O) groups is 1. The second kappa shape index (κ2) is 6.45. The SMILES string of the molecule is O=C(OCc1ccccc1)N1CC[C@H]2C[C@@H](CO)O[C@H]2C1. The molecule has 21 heavy (non-hydrogen) atoms. The summed E-state index contributed by atoms with van der Waals surface area (Å²) in [4.78, 5) is 13.8. The Morgan fingerprint density at radius 2 is 2.19 bits per heavy atom. The fourth-order valence-corrected chi connectivity index (χ4v) is 3.12. The van der Waals surface area contributed by atoms with Gasteiger partial charge in [0.2, 0.25) is 0 Å². The van der Waals surface area contributed by atoms with E-state index in [2.05, 4.69) is 0 Å². The van der Waals surface area contributed by atoms with Crippen molar-refractivity contribution in [2.75, 3.05) is 19.7 Å². The predicted octanol–water partition coefficient (Wildman–Crippen LogP) is 1.79. The molecule has 1 aromatic rings. The van der Waals surface area contributed by atoms with Crippen molar-refractivity contribution in [1.29, 1.82) is 0 Å². The summed E-state index contributed by atoms with van der Waals surface area (Å²) in [6.45, 7) is 1.63. The molecule has 0 unspecified atom stereocenters. The first-order valence-electron chi connectivity index (χ1n) is 7.48. The van der Waals surface area contributed by atoms with Gasteiger partial charge in [0, 0.05) is 6.54 Å². The molecule has 5 nitrogen and oxygen atoms in total. The van der Waals surface area contributed by atoms with Gasteiger partial charge in [-0.15, -0.1) is 0 Å². The Kier molecular flexibility index (Phi) is 4.41. The van der Waals surface area contributed by atoms with Gasteiger partial charge < -0.3 is 19.5 Å². The molecule has 114 valence electrons. The van der Waals surface area contributed by atoms with Gasteiger partial charge in [-0.2, -0.15) is 0 Å². The molecular weight excluding hydrogens is 270 g/mol. The van der Waals surface area contributed by atoms with Crippen molar-refractivity contribution in [3.05, 3.63) is 35.9 Å². The number of rotatable bonds is 3. The zero-order chi connectivity index (χ0) is 14.7. The number of likely N-dealkylation sites (tertiary alicyclic amines) is 1. The number of amides is 1. The molecular formula is C16H21NO4. The molecule has 0 aromatic heterocycles. The standard InChI is InChI=1S/C16H21NO4/c18-10-14-8-13-6-7-17(9-15(13)21-14)16(19)20-11-12-4-2-1-3-5-12/h1-5,13-15,18H,6-11H2/t13-,14-,15-/m0/s1. The predicted molar refractivity (Wildman–Crippen MR) is 76.7 cm³/mol. The van der Waals surface area contributed by atoms with Crippen LogP contribution in [0.5, 0.6) is 0 Å². The number of ether oxygens (including phenoxy) is 2. The lowest BCUT2D eigenvalue weighted by Crippen LogP contribution is -2.45. The molecule has 2 heterocycles. The summed E-state index contributed by atoms with van der Waals surface area (Å²) in [7, 11) is 0. The van der Waals surface area contributed by atoms with Crippen molar-refractivity contribution >= 4 is 6.09 Å². The van der Waals surface area contributed by atoms with Crippen molar-refractivity contribution in [3.8, 4) is 0 Å². The second-order valence-electron chi connectivity index (χ2n) is 5.75. The molecule has 0 spiro atoms. The number of carbonyl (C=O) groups excluding carboxylic acids is 1. The van der Waals surface area contributed by atoms with Gasteiger partial charge in [-0.05, 0) is 24.3 Å². The number of fused-ring (bicyclic) bond motifs is 1. The van der Waals surface area contributed by atoms with Gasteiger partial charge in [0.25, 0.3) is 0 Å². The normalized spacial score (nSPS) is 28.2. The maximum Gasteiger partial charge on any atom is 0.410 e. The lowest BCUT2D eigenvalue weighted by atomic mass is 9.92. The van der Waals surface area contributed by atoms with E-state index >= 15 is 0 Å². The van der Waals surface area contributed by atoms with E-state index in [1.165, 1.54) is 0 Å². The lowest BCUT2D eigenvalue weighted by molar-refractivity contribution is -0.0241. The summed E-state index contributed by atoms with van der Waals surface area (Å²) in [5.74, 6) is 0.459. The number of hydrogen-bond donors (Lipinski definition) is 1. The Morgan fingerprint density at radius 1 is 1.38 bits per heavy atom. The first-order chi connectivity index (χ1) is 10.3. The van der Waals surface area contributed by atoms with Crippen LogP contribution in [-0.4, -0.2) is 48.0 Å². The molecule has 0 bridgehead atoms. The molecule has 5 heteroatoms. The van der Waals surface area contributed by atoms with Crippen LogP contribution in [0.4, 0.5) is 4.79 Å². The Balaban J connectivity index is 1.50. The molecule has 2 aliphatic rings. The number of aliphatic hydroxyl groups is 1. The van der Waals surface area contributed by atoms with E-state index in [1.54, 1.807) is 4.90 Å². The minimum absolute atomic E-state index is 0.0418. The zero-order valence-electron chi connectivity index (χ0n) is 12.0. The molecule has 2 fully saturated rings. The third-order valence-corrected chi connectivity index (χ3v) is 4.30. The molecule has 3 atom stereocenters. The molecule has 3 rings (SSSR count). The van der Waals surface area contributed by atoms with Crippen molar-refractivity contribution in [3.63, 3.8) is 0 Å². The molecule has 1 N–H and O–H groups in total. The van der Waals surface area contributed by atoms with Crippen molar-refractivity contribution in [2.24, 2.45) is 5.92 Å². The number of piperidine rings is 1. The molecule has 0 saturated carbocycles. The second-order valence-corrected chi connectivity index (χ2v) is 5.75. The van der Waals surface area contributed by atoms with Crippen LogP contribution >= 0.6 is 0 Å². The van der Waals surface area contributed by atoms with Crippen molar-refractivity contribution in [2.45, 2.75) is 31.7 Å². The largest absolute Gasteiger partial charge is 0.445 e. The minimum Gasteiger partial charge on any atom is -0.445 e. The van der Waals surface area contributed by atoms with Gasteiger partial charge in [0.15, 0.2) is 0 Å². The fourth-order valence-electron chi connectivity index (χ4n) is 3.12. The summed E-state index contributed by atoms with van der Waals surface area (Å²) >= 11 is 0. The molecule has 1 amide bonds. The lowest BCUT2D eigenvalue weighted by Gasteiger charge is -2.33. The van der Waals surface area contributed by atoms with E-state index in [9.17, 15) is 4.79 Å². The van der Waals surface area contributed by atoms with E-state index in [-0.39, 0.29) is 24.9 Å². The topological polar surface area (TPSA) is 59.0 Å². The fraction of sp³-hybridized carbons (Fsp3) is 0.562. The number of nitrogens with zero attached hydrogens (tertiary/aromatic N) is 1. The Morgan fingerprint density at radius 3 is 2.95 bits per heavy atom. The highest BCUT2D eigenvalue weighted by molar-refractivity contribution is 5.67. The van der Waals surface area contributed by atoms with Gasteiger partial charge >= 0.3 is 6.09 Å². The third-order valence-electron chi connectivity index (χ3n) is 4.30. The number of benzene rings is 1. The summed E-state index contributed by atoms with van der Waals surface area (Å²) in [6, 6.07) is 9.66. The van der Waals surface area contributed by atoms with Crippen LogP contribution in [0.3, 0.4) is 0 Å². The number of hydrogen-bond acceptors (Lipinski definition) is 4. The van der Waals surface area contributed by atoms with Crippen LogP contribution in [0.1, 0.15) is 18.4 Å². The monoisotopic (exact) mass is 291 g/mol. The van der Waals surface area contributed by atoms with Crippen LogP contribution in [0.2, 0.25) is 0 Å². The average molecular weight is 291 g/mol. The van der Waals surface area contributed by atoms with E-state index in [0.29, 0.717) is 25.6 Å². The first-order valence-corrected chi connectivity index (χ1v) is 7.48. The maximum absolute atomic E-state index is 12.1. The van der Waals surface area contributed by atoms with Crippen LogP contribution in [0.25, 0.3) is 0 Å². The first kappa shape index (κ1) is 14.4. The maximum atomic E-state index is 12.1. The van der Waals surface area contributed by atoms with Crippen LogP contribution in [-0.2, 0) is 16.1 Å². The van der Waals surface area contributed by atoms with Crippen LogP contribution in [0.15, 0.2) is 30.3 Å². The highest BCUT2D eigenvalue weighted by atomic mass is 16.6. The van der Waals surface area contributed by atoms with Crippen LogP contribution < -0.4 is 0 Å². The van der Waals surface area contributed by atoms with Gasteiger partial charge in [-0.25, -0.2) is 4.79 Å². The quantitative estimate of drug-likeness (QED) is 0.922. The molecule has 0 radical (unpaired) electrons. The van der Waals surface area contributed by atoms with E-state index in [4.69, 9.17) is 14.6 Å². The van der Waals surface area contributed by atoms with Crippen molar-refractivity contribution in [1.82, 2.24) is 4.90 Å². The van der Waals surface area contributed by atoms with E-state index in [0.717, 1.165) is 18.4 Å². The molecule has 2 aliphatic heterocycles. The van der Waals surface area contributed by atoms with Crippen LogP contribution in [0, 0.1) is 5.92 Å². The minimum atomic E-state index is -0.284. The highest BCUT2D eigenvalue weighted by Crippen LogP contribution is 2.33. The van der Waals surface area contributed by atoms with Gasteiger partial charge in [-0.3, -0.25) is 0 Å². The number of aliphatic hydroxyl groups excluding tert-OH is 1. The third kappa shape index (κ3) is 3.36. The van der Waals surface area contributed by atoms with E-state index in [1.807, 2.05) is 30.3 Å². The molecule has 2 saturated heterocycles. The van der Waals surface area contributed by atoms with E-state index < -0.39 is 0 Å².